The Balaban J connectivity index is 2.39. The van der Waals surface area contributed by atoms with E-state index in [1.807, 2.05) is 0 Å². The molecule has 0 saturated carbocycles. The van der Waals surface area contributed by atoms with E-state index in [4.69, 9.17) is 4.99 Å². The summed E-state index contributed by atoms with van der Waals surface area (Å²) in [6, 6.07) is 0. The van der Waals surface area contributed by atoms with E-state index in [1.54, 1.807) is 0 Å². The van der Waals surface area contributed by atoms with E-state index in [9.17, 15) is 0 Å². The number of likely N-dealkylation sites (tertiary alicyclic amines) is 1. The Labute approximate surface area is 119 Å². The topological polar surface area (TPSA) is 39.7 Å². The van der Waals surface area contributed by atoms with Gasteiger partial charge in [0, 0.05) is 32.7 Å². The molecule has 0 aromatic heterocycles. The molecule has 0 aromatic rings. The Morgan fingerprint density at radius 3 is 2.53 bits per heavy atom. The van der Waals surface area contributed by atoms with Crippen LogP contribution in [0.15, 0.2) is 4.99 Å². The summed E-state index contributed by atoms with van der Waals surface area (Å²) in [5, 5.41) is 6.58. The average Bonchev–Trinajstić information content (AvgIpc) is 2.36. The molecule has 4 nitrogen and oxygen atoms in total. The Morgan fingerprint density at radius 1 is 1.26 bits per heavy atom. The van der Waals surface area contributed by atoms with Crippen molar-refractivity contribution in [1.29, 1.82) is 0 Å². The van der Waals surface area contributed by atoms with Gasteiger partial charge in [0.2, 0.25) is 0 Å². The third-order valence-corrected chi connectivity index (χ3v) is 3.42. The third-order valence-electron chi connectivity index (χ3n) is 3.42. The Bertz CT molecular complexity index is 255. The van der Waals surface area contributed by atoms with Crippen molar-refractivity contribution >= 4 is 5.96 Å². The average molecular weight is 268 g/mol. The zero-order valence-corrected chi connectivity index (χ0v) is 13.2. The molecule has 1 fully saturated rings. The lowest BCUT2D eigenvalue weighted by Gasteiger charge is -2.33. The van der Waals surface area contributed by atoms with Crippen LogP contribution in [-0.4, -0.2) is 50.1 Å². The minimum absolute atomic E-state index is 0.722. The molecular formula is C15H32N4. The molecule has 1 unspecified atom stereocenters. The number of hydrogen-bond donors (Lipinski definition) is 2. The molecule has 1 rings (SSSR count). The first-order chi connectivity index (χ1) is 9.15. The van der Waals surface area contributed by atoms with Gasteiger partial charge in [0.1, 0.15) is 0 Å². The highest BCUT2D eigenvalue weighted by atomic mass is 15.2. The normalized spacial score (nSPS) is 20.4. The molecule has 2 N–H and O–H groups in total. The van der Waals surface area contributed by atoms with Gasteiger partial charge in [-0.15, -0.1) is 0 Å². The number of rotatable bonds is 6. The number of nitrogens with zero attached hydrogens (tertiary/aromatic N) is 2. The fourth-order valence-electron chi connectivity index (χ4n) is 2.71. The second-order valence-electron chi connectivity index (χ2n) is 5.91. The predicted octanol–water partition coefficient (Wildman–Crippen LogP) is 1.93. The van der Waals surface area contributed by atoms with Gasteiger partial charge in [-0.3, -0.25) is 4.99 Å². The second kappa shape index (κ2) is 9.18. The highest BCUT2D eigenvalue weighted by molar-refractivity contribution is 5.79. The van der Waals surface area contributed by atoms with Crippen LogP contribution in [0.1, 0.15) is 40.5 Å². The smallest absolute Gasteiger partial charge is 0.191 e. The summed E-state index contributed by atoms with van der Waals surface area (Å²) in [6.45, 7) is 15.3. The quantitative estimate of drug-likeness (QED) is 0.571. The van der Waals surface area contributed by atoms with E-state index in [2.05, 4.69) is 43.2 Å². The molecule has 0 radical (unpaired) electrons. The summed E-state index contributed by atoms with van der Waals surface area (Å²) < 4.78 is 0. The van der Waals surface area contributed by atoms with Crippen molar-refractivity contribution in [3.05, 3.63) is 0 Å². The van der Waals surface area contributed by atoms with Crippen molar-refractivity contribution in [1.82, 2.24) is 15.5 Å². The number of piperidine rings is 1. The van der Waals surface area contributed by atoms with Crippen LogP contribution < -0.4 is 10.6 Å². The van der Waals surface area contributed by atoms with Crippen LogP contribution in [0, 0.1) is 11.8 Å². The standard InChI is InChI=1S/C15H32N4/c1-5-16-15(17-6-2)18-10-14-8-7-9-19(12-14)11-13(3)4/h13-14H,5-12H2,1-4H3,(H2,16,17,18). The summed E-state index contributed by atoms with van der Waals surface area (Å²) in [6.07, 6.45) is 2.65. The van der Waals surface area contributed by atoms with Crippen molar-refractivity contribution in [3.8, 4) is 0 Å². The van der Waals surface area contributed by atoms with E-state index in [0.29, 0.717) is 0 Å². The Morgan fingerprint density at radius 2 is 1.95 bits per heavy atom. The molecule has 0 amide bonds. The van der Waals surface area contributed by atoms with Crippen LogP contribution in [0.3, 0.4) is 0 Å². The maximum absolute atomic E-state index is 4.71. The lowest BCUT2D eigenvalue weighted by molar-refractivity contribution is 0.162. The fraction of sp³-hybridized carbons (Fsp3) is 0.933. The first kappa shape index (κ1) is 16.3. The van der Waals surface area contributed by atoms with Gasteiger partial charge in [-0.1, -0.05) is 13.8 Å². The Kier molecular flexibility index (Phi) is 7.87. The summed E-state index contributed by atoms with van der Waals surface area (Å²) in [4.78, 5) is 7.31. The van der Waals surface area contributed by atoms with Crippen LogP contribution >= 0.6 is 0 Å². The molecule has 112 valence electrons. The lowest BCUT2D eigenvalue weighted by Crippen LogP contribution is -2.40. The number of hydrogen-bond acceptors (Lipinski definition) is 2. The molecular weight excluding hydrogens is 236 g/mol. The zero-order valence-electron chi connectivity index (χ0n) is 13.2. The van der Waals surface area contributed by atoms with Gasteiger partial charge in [-0.05, 0) is 45.1 Å². The molecule has 0 aliphatic carbocycles. The SMILES string of the molecule is CCNC(=NCC1CCCN(CC(C)C)C1)NCC. The van der Waals surface area contributed by atoms with E-state index in [0.717, 1.165) is 37.4 Å². The minimum atomic E-state index is 0.722. The summed E-state index contributed by atoms with van der Waals surface area (Å²) in [5.74, 6) is 2.45. The van der Waals surface area contributed by atoms with Crippen molar-refractivity contribution in [2.45, 2.75) is 40.5 Å². The van der Waals surface area contributed by atoms with Gasteiger partial charge in [0.15, 0.2) is 5.96 Å². The molecule has 19 heavy (non-hydrogen) atoms. The van der Waals surface area contributed by atoms with Crippen LogP contribution in [0.25, 0.3) is 0 Å². The largest absolute Gasteiger partial charge is 0.357 e. The summed E-state index contributed by atoms with van der Waals surface area (Å²) in [7, 11) is 0. The van der Waals surface area contributed by atoms with Crippen LogP contribution in [-0.2, 0) is 0 Å². The predicted molar refractivity (Wildman–Crippen MR) is 83.7 cm³/mol. The first-order valence-corrected chi connectivity index (χ1v) is 7.90. The van der Waals surface area contributed by atoms with Crippen molar-refractivity contribution in [2.24, 2.45) is 16.8 Å². The molecule has 1 atom stereocenters. The summed E-state index contributed by atoms with van der Waals surface area (Å²) >= 11 is 0. The van der Waals surface area contributed by atoms with Gasteiger partial charge >= 0.3 is 0 Å². The molecule has 0 bridgehead atoms. The Hall–Kier alpha value is -0.770. The van der Waals surface area contributed by atoms with E-state index in [1.165, 1.54) is 32.5 Å². The second-order valence-corrected chi connectivity index (χ2v) is 5.91. The lowest BCUT2D eigenvalue weighted by atomic mass is 9.97. The highest BCUT2D eigenvalue weighted by Gasteiger charge is 2.20. The molecule has 1 aliphatic rings. The van der Waals surface area contributed by atoms with Gasteiger partial charge in [-0.25, -0.2) is 0 Å². The van der Waals surface area contributed by atoms with Crippen molar-refractivity contribution in [3.63, 3.8) is 0 Å². The maximum Gasteiger partial charge on any atom is 0.191 e. The monoisotopic (exact) mass is 268 g/mol. The molecule has 1 saturated heterocycles. The minimum Gasteiger partial charge on any atom is -0.357 e. The molecule has 4 heteroatoms. The molecule has 1 aliphatic heterocycles. The van der Waals surface area contributed by atoms with Gasteiger partial charge < -0.3 is 15.5 Å². The molecule has 1 heterocycles. The van der Waals surface area contributed by atoms with Gasteiger partial charge in [-0.2, -0.15) is 0 Å². The van der Waals surface area contributed by atoms with E-state index >= 15 is 0 Å². The van der Waals surface area contributed by atoms with E-state index < -0.39 is 0 Å². The zero-order chi connectivity index (χ0) is 14.1. The number of nitrogens with one attached hydrogen (secondary N) is 2. The summed E-state index contributed by atoms with van der Waals surface area (Å²) in [5.41, 5.74) is 0. The van der Waals surface area contributed by atoms with Crippen molar-refractivity contribution < 1.29 is 0 Å². The van der Waals surface area contributed by atoms with Gasteiger partial charge in [0.25, 0.3) is 0 Å². The van der Waals surface area contributed by atoms with E-state index in [-0.39, 0.29) is 0 Å². The number of guanidine groups is 1. The van der Waals surface area contributed by atoms with Crippen LogP contribution in [0.5, 0.6) is 0 Å². The number of aliphatic imine (C=N–C) groups is 1. The van der Waals surface area contributed by atoms with Crippen LogP contribution in [0.4, 0.5) is 0 Å². The highest BCUT2D eigenvalue weighted by Crippen LogP contribution is 2.17. The molecule has 0 spiro atoms. The van der Waals surface area contributed by atoms with Gasteiger partial charge in [0.05, 0.1) is 0 Å². The van der Waals surface area contributed by atoms with Crippen LogP contribution in [0.2, 0.25) is 0 Å². The fourth-order valence-corrected chi connectivity index (χ4v) is 2.71. The molecule has 0 aromatic carbocycles. The first-order valence-electron chi connectivity index (χ1n) is 7.90. The third kappa shape index (κ3) is 6.81. The maximum atomic E-state index is 4.71. The van der Waals surface area contributed by atoms with Crippen molar-refractivity contribution in [2.75, 3.05) is 39.3 Å².